The largest absolute Gasteiger partial charge is 0.496 e. The molecule has 6 rings (SSSR count). The van der Waals surface area contributed by atoms with Gasteiger partial charge in [-0.2, -0.15) is 22.2 Å². The lowest BCUT2D eigenvalue weighted by Gasteiger charge is -2.53. The van der Waals surface area contributed by atoms with Gasteiger partial charge in [0.05, 0.1) is 26.0 Å². The third-order valence-corrected chi connectivity index (χ3v) is 10.2. The molecule has 1 aromatic heterocycles. The molecule has 0 bridgehead atoms. The maximum Gasteiger partial charge on any atom is 0.453 e. The zero-order valence-electron chi connectivity index (χ0n) is 26.2. The number of hydrogen-bond acceptors (Lipinski definition) is 9. The number of halogens is 3. The molecule has 11 nitrogen and oxygen atoms in total. The van der Waals surface area contributed by atoms with Gasteiger partial charge in [-0.15, -0.1) is 5.10 Å². The molecule has 3 aromatic carbocycles. The van der Waals surface area contributed by atoms with Gasteiger partial charge >= 0.3 is 6.18 Å². The molecule has 0 amide bonds. The predicted molar refractivity (Wildman–Crippen MR) is 168 cm³/mol. The van der Waals surface area contributed by atoms with Crippen molar-refractivity contribution in [3.63, 3.8) is 0 Å². The summed E-state index contributed by atoms with van der Waals surface area (Å²) in [6.45, 7) is 2.61. The van der Waals surface area contributed by atoms with E-state index in [1.165, 1.54) is 30.8 Å². The van der Waals surface area contributed by atoms with Crippen molar-refractivity contribution in [1.82, 2.24) is 34.3 Å². The lowest BCUT2D eigenvalue weighted by atomic mass is 9.81. The van der Waals surface area contributed by atoms with Gasteiger partial charge in [0.2, 0.25) is 10.0 Å². The minimum absolute atomic E-state index is 0.0168. The van der Waals surface area contributed by atoms with Gasteiger partial charge in [0.15, 0.2) is 5.75 Å². The summed E-state index contributed by atoms with van der Waals surface area (Å²) in [6, 6.07) is 23.2. The smallest absolute Gasteiger partial charge is 0.453 e. The van der Waals surface area contributed by atoms with E-state index in [-0.39, 0.29) is 36.0 Å². The number of benzene rings is 3. The van der Waals surface area contributed by atoms with Crippen molar-refractivity contribution >= 4 is 10.0 Å². The van der Waals surface area contributed by atoms with E-state index in [4.69, 9.17) is 9.47 Å². The second kappa shape index (κ2) is 13.2. The summed E-state index contributed by atoms with van der Waals surface area (Å²) in [4.78, 5) is 4.62. The Labute approximate surface area is 271 Å². The first kappa shape index (κ1) is 32.9. The molecule has 2 saturated heterocycles. The number of sulfonamides is 1. The number of ether oxygens (including phenoxy) is 2. The van der Waals surface area contributed by atoms with E-state index in [1.807, 2.05) is 36.4 Å². The first-order chi connectivity index (χ1) is 22.5. The van der Waals surface area contributed by atoms with Gasteiger partial charge in [0.25, 0.3) is 5.82 Å². The Morgan fingerprint density at radius 1 is 0.894 bits per heavy atom. The van der Waals surface area contributed by atoms with Crippen molar-refractivity contribution < 1.29 is 31.1 Å². The van der Waals surface area contributed by atoms with Crippen LogP contribution in [-0.2, 0) is 22.7 Å². The van der Waals surface area contributed by atoms with E-state index in [2.05, 4.69) is 49.6 Å². The summed E-state index contributed by atoms with van der Waals surface area (Å²) in [6.07, 6.45) is -3.57. The van der Waals surface area contributed by atoms with Crippen LogP contribution in [0.1, 0.15) is 28.4 Å². The highest BCUT2D eigenvalue weighted by Gasteiger charge is 2.44. The fraction of sp³-hybridized carbons (Fsp3) is 0.406. The molecular formula is C32H36F3N7O4S. The molecule has 2 aliphatic heterocycles. The number of hydrogen-bond donors (Lipinski definition) is 0. The summed E-state index contributed by atoms with van der Waals surface area (Å²) in [5.41, 5.74) is 2.80. The average Bonchev–Trinajstić information content (AvgIpc) is 3.56. The standard InChI is InChI=1S/C32H36F3N7O4S/c1-45-28-15-14-26(42-31(32(33,34)35)36-37-38-42)30(46-2)25(28)20-39-18-24-19-40(47(3,43)44)16-17-41(24)27(21-39)29(22-10-6-4-7-11-22)23-12-8-5-9-13-23/h4-15,24,27,29H,16-21H2,1-3H3/t24-,27+/m1/s1. The normalized spacial score (nSPS) is 19.9. The van der Waals surface area contributed by atoms with E-state index in [9.17, 15) is 21.6 Å². The summed E-state index contributed by atoms with van der Waals surface area (Å²) < 4.78 is 80.3. The Morgan fingerprint density at radius 3 is 2.13 bits per heavy atom. The molecule has 0 N–H and O–H groups in total. The van der Waals surface area contributed by atoms with E-state index >= 15 is 0 Å². The molecule has 2 aliphatic rings. The Bertz CT molecular complexity index is 1750. The average molecular weight is 672 g/mol. The van der Waals surface area contributed by atoms with E-state index < -0.39 is 22.0 Å². The van der Waals surface area contributed by atoms with E-state index in [0.29, 0.717) is 48.7 Å². The van der Waals surface area contributed by atoms with Gasteiger partial charge < -0.3 is 9.47 Å². The van der Waals surface area contributed by atoms with Gasteiger partial charge in [-0.05, 0) is 33.7 Å². The molecule has 2 fully saturated rings. The number of methoxy groups -OCH3 is 2. The fourth-order valence-corrected chi connectivity index (χ4v) is 7.81. The Morgan fingerprint density at radius 2 is 1.55 bits per heavy atom. The Balaban J connectivity index is 1.43. The third-order valence-electron chi connectivity index (χ3n) is 8.96. The van der Waals surface area contributed by atoms with Crippen molar-refractivity contribution in [3.8, 4) is 17.2 Å². The number of nitrogens with zero attached hydrogens (tertiary/aromatic N) is 7. The molecule has 0 saturated carbocycles. The van der Waals surface area contributed by atoms with Gasteiger partial charge in [-0.25, -0.2) is 8.42 Å². The molecule has 250 valence electrons. The minimum atomic E-state index is -4.80. The molecule has 4 aromatic rings. The highest BCUT2D eigenvalue weighted by atomic mass is 32.2. The number of alkyl halides is 3. The van der Waals surface area contributed by atoms with Gasteiger partial charge in [0.1, 0.15) is 11.4 Å². The van der Waals surface area contributed by atoms with Crippen LogP contribution in [0, 0.1) is 0 Å². The van der Waals surface area contributed by atoms with E-state index in [1.54, 1.807) is 6.07 Å². The lowest BCUT2D eigenvalue weighted by Crippen LogP contribution is -2.67. The number of piperazine rings is 2. The Hall–Kier alpha value is -4.05. The molecular weight excluding hydrogens is 635 g/mol. The number of aromatic nitrogens is 4. The highest BCUT2D eigenvalue weighted by molar-refractivity contribution is 7.88. The number of fused-ring (bicyclic) bond motifs is 1. The maximum absolute atomic E-state index is 13.8. The van der Waals surface area contributed by atoms with Crippen LogP contribution in [0.3, 0.4) is 0 Å². The zero-order chi connectivity index (χ0) is 33.3. The summed E-state index contributed by atoms with van der Waals surface area (Å²) in [5.74, 6) is -0.754. The van der Waals surface area contributed by atoms with Crippen molar-refractivity contribution in [1.29, 1.82) is 0 Å². The Kier molecular flexibility index (Phi) is 9.25. The van der Waals surface area contributed by atoms with Crippen LogP contribution in [-0.4, -0.2) is 108 Å². The van der Waals surface area contributed by atoms with Crippen molar-refractivity contribution in [3.05, 3.63) is 95.3 Å². The SMILES string of the molecule is COc1ccc(-n2nnnc2C(F)(F)F)c(OC)c1CN1C[C@@H]2CN(S(C)(=O)=O)CCN2[C@H](C(c2ccccc2)c2ccccc2)C1. The summed E-state index contributed by atoms with van der Waals surface area (Å²) >= 11 is 0. The zero-order valence-corrected chi connectivity index (χ0v) is 27.0. The topological polar surface area (TPSA) is 106 Å². The number of tetrazole rings is 1. The van der Waals surface area contributed by atoms with Crippen LogP contribution in [0.25, 0.3) is 5.69 Å². The molecule has 0 radical (unpaired) electrons. The van der Waals surface area contributed by atoms with Crippen molar-refractivity contribution in [2.75, 3.05) is 53.2 Å². The van der Waals surface area contributed by atoms with Crippen LogP contribution < -0.4 is 9.47 Å². The predicted octanol–water partition coefficient (Wildman–Crippen LogP) is 3.66. The van der Waals surface area contributed by atoms with Crippen molar-refractivity contribution in [2.24, 2.45) is 0 Å². The molecule has 0 aliphatic carbocycles. The quantitative estimate of drug-likeness (QED) is 0.264. The lowest BCUT2D eigenvalue weighted by molar-refractivity contribution is -0.146. The van der Waals surface area contributed by atoms with Gasteiger partial charge in [0, 0.05) is 57.3 Å². The highest BCUT2D eigenvalue weighted by Crippen LogP contribution is 2.40. The van der Waals surface area contributed by atoms with Gasteiger partial charge in [-0.3, -0.25) is 9.80 Å². The summed E-state index contributed by atoms with van der Waals surface area (Å²) in [7, 11) is -0.558. The molecule has 0 spiro atoms. The third kappa shape index (κ3) is 6.70. The molecule has 0 unspecified atom stereocenters. The molecule has 3 heterocycles. The van der Waals surface area contributed by atoms with Crippen molar-refractivity contribution in [2.45, 2.75) is 30.7 Å². The first-order valence-electron chi connectivity index (χ1n) is 15.1. The van der Waals surface area contributed by atoms with Gasteiger partial charge in [-0.1, -0.05) is 60.7 Å². The van der Waals surface area contributed by atoms with Crippen LogP contribution in [0.4, 0.5) is 13.2 Å². The second-order valence-corrected chi connectivity index (χ2v) is 13.8. The van der Waals surface area contributed by atoms with E-state index in [0.717, 1.165) is 11.1 Å². The molecule has 15 heteroatoms. The molecule has 2 atom stereocenters. The molecule has 47 heavy (non-hydrogen) atoms. The monoisotopic (exact) mass is 671 g/mol. The maximum atomic E-state index is 13.8. The fourth-order valence-electron chi connectivity index (χ4n) is 6.95. The summed E-state index contributed by atoms with van der Waals surface area (Å²) in [5, 5.41) is 10.1. The number of rotatable bonds is 9. The first-order valence-corrected chi connectivity index (χ1v) is 17.0. The second-order valence-electron chi connectivity index (χ2n) is 11.8. The van der Waals surface area contributed by atoms with Crippen LogP contribution in [0.5, 0.6) is 11.5 Å². The van der Waals surface area contributed by atoms with Crippen LogP contribution >= 0.6 is 0 Å². The minimum Gasteiger partial charge on any atom is -0.496 e. The van der Waals surface area contributed by atoms with Crippen LogP contribution in [0.2, 0.25) is 0 Å². The van der Waals surface area contributed by atoms with Crippen LogP contribution in [0.15, 0.2) is 72.8 Å².